The lowest BCUT2D eigenvalue weighted by atomic mass is 9.78. The number of nitrogens with one attached hydrogen (secondary N) is 2. The summed E-state index contributed by atoms with van der Waals surface area (Å²) in [5.41, 5.74) is 0.997. The van der Waals surface area contributed by atoms with Gasteiger partial charge in [0.05, 0.1) is 23.2 Å². The van der Waals surface area contributed by atoms with Gasteiger partial charge >= 0.3 is 6.18 Å². The molecule has 2 aliphatic rings. The SMILES string of the molecule is O=C1CN(c2ccc(NC(=O)[C@H]3CCCC[C@@H]3C(F)(F)F)cc2Cl)CCN1. The summed E-state index contributed by atoms with van der Waals surface area (Å²) in [5.74, 6) is -3.42. The van der Waals surface area contributed by atoms with Gasteiger partial charge in [-0.2, -0.15) is 13.2 Å². The van der Waals surface area contributed by atoms with Crippen molar-refractivity contribution >= 4 is 34.8 Å². The molecule has 2 atom stereocenters. The van der Waals surface area contributed by atoms with E-state index in [-0.39, 0.29) is 25.3 Å². The standard InChI is InChI=1S/C18H21ClF3N3O2/c19-14-9-11(5-6-15(14)25-8-7-23-16(26)10-25)24-17(27)12-3-1-2-4-13(12)18(20,21)22/h5-6,9,12-13H,1-4,7-8,10H2,(H,23,26)(H,24,27)/t12-,13-/m0/s1. The Labute approximate surface area is 160 Å². The Morgan fingerprint density at radius 1 is 1.26 bits per heavy atom. The topological polar surface area (TPSA) is 61.4 Å². The summed E-state index contributed by atoms with van der Waals surface area (Å²) >= 11 is 6.28. The maximum Gasteiger partial charge on any atom is 0.392 e. The van der Waals surface area contributed by atoms with Crippen LogP contribution in [0.25, 0.3) is 0 Å². The molecule has 0 radical (unpaired) electrons. The van der Waals surface area contributed by atoms with Gasteiger partial charge in [0, 0.05) is 24.7 Å². The zero-order valence-electron chi connectivity index (χ0n) is 14.6. The molecule has 1 aliphatic heterocycles. The molecule has 0 spiro atoms. The van der Waals surface area contributed by atoms with E-state index in [0.29, 0.717) is 42.3 Å². The second-order valence-corrected chi connectivity index (χ2v) is 7.37. The Morgan fingerprint density at radius 2 is 2.00 bits per heavy atom. The highest BCUT2D eigenvalue weighted by Gasteiger charge is 2.48. The van der Waals surface area contributed by atoms with E-state index in [9.17, 15) is 22.8 Å². The fourth-order valence-corrected chi connectivity index (χ4v) is 4.06. The van der Waals surface area contributed by atoms with E-state index in [1.165, 1.54) is 6.07 Å². The van der Waals surface area contributed by atoms with Gasteiger partial charge in [0.25, 0.3) is 0 Å². The molecule has 1 aromatic carbocycles. The van der Waals surface area contributed by atoms with Crippen molar-refractivity contribution in [2.24, 2.45) is 11.8 Å². The number of anilines is 2. The molecular formula is C18H21ClF3N3O2. The Balaban J connectivity index is 1.71. The predicted molar refractivity (Wildman–Crippen MR) is 96.8 cm³/mol. The van der Waals surface area contributed by atoms with Crippen LogP contribution in [-0.2, 0) is 9.59 Å². The monoisotopic (exact) mass is 403 g/mol. The quantitative estimate of drug-likeness (QED) is 0.810. The molecule has 2 fully saturated rings. The third-order valence-corrected chi connectivity index (χ3v) is 5.42. The van der Waals surface area contributed by atoms with Crippen LogP contribution in [-0.4, -0.2) is 37.6 Å². The minimum atomic E-state index is -4.38. The van der Waals surface area contributed by atoms with Gasteiger partial charge in [-0.25, -0.2) is 0 Å². The molecule has 1 aliphatic carbocycles. The molecule has 9 heteroatoms. The van der Waals surface area contributed by atoms with Gasteiger partial charge in [-0.15, -0.1) is 0 Å². The largest absolute Gasteiger partial charge is 0.392 e. The zero-order chi connectivity index (χ0) is 19.6. The highest BCUT2D eigenvalue weighted by atomic mass is 35.5. The molecule has 3 rings (SSSR count). The summed E-state index contributed by atoms with van der Waals surface area (Å²) < 4.78 is 39.6. The lowest BCUT2D eigenvalue weighted by Crippen LogP contribution is -2.47. The molecule has 1 heterocycles. The maximum absolute atomic E-state index is 13.2. The van der Waals surface area contributed by atoms with Crippen molar-refractivity contribution in [2.45, 2.75) is 31.9 Å². The third kappa shape index (κ3) is 4.66. The van der Waals surface area contributed by atoms with Crippen molar-refractivity contribution in [3.63, 3.8) is 0 Å². The summed E-state index contributed by atoms with van der Waals surface area (Å²) in [6, 6.07) is 4.77. The first-order chi connectivity index (χ1) is 12.8. The number of halogens is 4. The molecule has 1 saturated heterocycles. The van der Waals surface area contributed by atoms with E-state index in [2.05, 4.69) is 10.6 Å². The second-order valence-electron chi connectivity index (χ2n) is 6.97. The molecule has 0 aromatic heterocycles. The van der Waals surface area contributed by atoms with Crippen LogP contribution in [0.15, 0.2) is 18.2 Å². The predicted octanol–water partition coefficient (Wildman–Crippen LogP) is 3.58. The van der Waals surface area contributed by atoms with Crippen LogP contribution in [0.3, 0.4) is 0 Å². The maximum atomic E-state index is 13.2. The molecule has 1 saturated carbocycles. The van der Waals surface area contributed by atoms with Crippen molar-refractivity contribution in [1.82, 2.24) is 5.32 Å². The van der Waals surface area contributed by atoms with E-state index in [1.54, 1.807) is 12.1 Å². The van der Waals surface area contributed by atoms with Crippen LogP contribution in [0, 0.1) is 11.8 Å². The van der Waals surface area contributed by atoms with Crippen molar-refractivity contribution in [2.75, 3.05) is 29.9 Å². The van der Waals surface area contributed by atoms with E-state index < -0.39 is 23.9 Å². The van der Waals surface area contributed by atoms with Crippen LogP contribution in [0.1, 0.15) is 25.7 Å². The van der Waals surface area contributed by atoms with Gasteiger partial charge in [0.2, 0.25) is 11.8 Å². The number of alkyl halides is 3. The van der Waals surface area contributed by atoms with Gasteiger partial charge in [-0.05, 0) is 31.0 Å². The highest BCUT2D eigenvalue weighted by molar-refractivity contribution is 6.33. The third-order valence-electron chi connectivity index (χ3n) is 5.12. The molecule has 5 nitrogen and oxygen atoms in total. The van der Waals surface area contributed by atoms with Gasteiger partial charge in [-0.3, -0.25) is 9.59 Å². The van der Waals surface area contributed by atoms with Crippen molar-refractivity contribution in [3.8, 4) is 0 Å². The van der Waals surface area contributed by atoms with E-state index in [0.717, 1.165) is 0 Å². The van der Waals surface area contributed by atoms with Crippen molar-refractivity contribution in [3.05, 3.63) is 23.2 Å². The first-order valence-electron chi connectivity index (χ1n) is 8.94. The molecule has 1 aromatic rings. The van der Waals surface area contributed by atoms with Gasteiger partial charge in [0.15, 0.2) is 0 Å². The molecular weight excluding hydrogens is 383 g/mol. The lowest BCUT2D eigenvalue weighted by Gasteiger charge is -2.32. The first-order valence-corrected chi connectivity index (χ1v) is 9.32. The highest BCUT2D eigenvalue weighted by Crippen LogP contribution is 2.42. The Hall–Kier alpha value is -1.96. The van der Waals surface area contributed by atoms with Crippen LogP contribution >= 0.6 is 11.6 Å². The van der Waals surface area contributed by atoms with Crippen molar-refractivity contribution in [1.29, 1.82) is 0 Å². The van der Waals surface area contributed by atoms with E-state index >= 15 is 0 Å². The molecule has 2 amide bonds. The van der Waals surface area contributed by atoms with E-state index in [4.69, 9.17) is 11.6 Å². The summed E-state index contributed by atoms with van der Waals surface area (Å²) in [4.78, 5) is 25.8. The molecule has 27 heavy (non-hydrogen) atoms. The van der Waals surface area contributed by atoms with Gasteiger partial charge < -0.3 is 15.5 Å². The minimum absolute atomic E-state index is 0.0156. The Bertz CT molecular complexity index is 726. The fourth-order valence-electron chi connectivity index (χ4n) is 3.76. The number of benzene rings is 1. The lowest BCUT2D eigenvalue weighted by molar-refractivity contribution is -0.197. The molecule has 0 bridgehead atoms. The second kappa shape index (κ2) is 7.96. The fraction of sp³-hybridized carbons (Fsp3) is 0.556. The number of nitrogens with zero attached hydrogens (tertiary/aromatic N) is 1. The van der Waals surface area contributed by atoms with E-state index in [1.807, 2.05) is 4.90 Å². The van der Waals surface area contributed by atoms with Crippen LogP contribution in [0.4, 0.5) is 24.5 Å². The number of rotatable bonds is 3. The summed E-state index contributed by atoms with van der Waals surface area (Å²) in [7, 11) is 0. The average Bonchev–Trinajstić information content (AvgIpc) is 2.61. The number of amides is 2. The number of carbonyl (C=O) groups excluding carboxylic acids is 2. The van der Waals surface area contributed by atoms with Gasteiger partial charge in [0.1, 0.15) is 0 Å². The number of piperazine rings is 1. The smallest absolute Gasteiger partial charge is 0.359 e. The summed E-state index contributed by atoms with van der Waals surface area (Å²) in [6.45, 7) is 1.29. The Kier molecular flexibility index (Phi) is 5.83. The van der Waals surface area contributed by atoms with Crippen LogP contribution in [0.5, 0.6) is 0 Å². The van der Waals surface area contributed by atoms with Gasteiger partial charge in [-0.1, -0.05) is 24.4 Å². The summed E-state index contributed by atoms with van der Waals surface area (Å²) in [5, 5.41) is 5.62. The van der Waals surface area contributed by atoms with Crippen molar-refractivity contribution < 1.29 is 22.8 Å². The number of carbonyl (C=O) groups is 2. The Morgan fingerprint density at radius 3 is 2.67 bits per heavy atom. The molecule has 2 N–H and O–H groups in total. The molecule has 148 valence electrons. The zero-order valence-corrected chi connectivity index (χ0v) is 15.4. The number of hydrogen-bond acceptors (Lipinski definition) is 3. The average molecular weight is 404 g/mol. The van der Waals surface area contributed by atoms with Crippen LogP contribution in [0.2, 0.25) is 5.02 Å². The minimum Gasteiger partial charge on any atom is -0.359 e. The summed E-state index contributed by atoms with van der Waals surface area (Å²) in [6.07, 6.45) is -3.07. The van der Waals surface area contributed by atoms with Crippen LogP contribution < -0.4 is 15.5 Å². The molecule has 0 unspecified atom stereocenters. The first kappa shape index (κ1) is 19.8. The normalized spacial score (nSPS) is 23.7. The number of hydrogen-bond donors (Lipinski definition) is 2.